The van der Waals surface area contributed by atoms with Gasteiger partial charge in [-0.25, -0.2) is 13.6 Å². The molecule has 30 heavy (non-hydrogen) atoms. The molecular formula is C22H24F2N2O4. The third-order valence-corrected chi connectivity index (χ3v) is 4.10. The number of carbonyl (C=O) groups excluding carboxylic acids is 3. The Morgan fingerprint density at radius 2 is 1.67 bits per heavy atom. The highest BCUT2D eigenvalue weighted by Gasteiger charge is 2.28. The number of halogens is 2. The number of benzene rings is 2. The van der Waals surface area contributed by atoms with Gasteiger partial charge in [0.05, 0.1) is 0 Å². The average molecular weight is 418 g/mol. The van der Waals surface area contributed by atoms with Crippen molar-refractivity contribution in [3.63, 3.8) is 0 Å². The van der Waals surface area contributed by atoms with Crippen molar-refractivity contribution in [1.82, 2.24) is 5.32 Å². The lowest BCUT2D eigenvalue weighted by Gasteiger charge is -2.27. The molecular weight excluding hydrogens is 394 g/mol. The van der Waals surface area contributed by atoms with Gasteiger partial charge in [0.1, 0.15) is 29.6 Å². The maximum absolute atomic E-state index is 13.6. The molecule has 0 saturated carbocycles. The summed E-state index contributed by atoms with van der Waals surface area (Å²) in [5, 5.41) is 2.48. The maximum Gasteiger partial charge on any atom is 0.408 e. The van der Waals surface area contributed by atoms with Crippen LogP contribution >= 0.6 is 0 Å². The Morgan fingerprint density at radius 3 is 2.17 bits per heavy atom. The van der Waals surface area contributed by atoms with Crippen LogP contribution in [-0.4, -0.2) is 37.0 Å². The minimum absolute atomic E-state index is 0.149. The van der Waals surface area contributed by atoms with Gasteiger partial charge in [-0.15, -0.1) is 0 Å². The fraction of sp³-hybridized carbons (Fsp3) is 0.318. The van der Waals surface area contributed by atoms with Gasteiger partial charge >= 0.3 is 6.09 Å². The summed E-state index contributed by atoms with van der Waals surface area (Å²) in [6.07, 6.45) is -0.303. The van der Waals surface area contributed by atoms with E-state index in [1.54, 1.807) is 45.0 Å². The SMILES string of the molecule is CN(C(=O)[C@H](Cc1cc(F)cc(F)c1)NC(=O)OC(C)(C)C)c1ccc(C=O)cc1. The van der Waals surface area contributed by atoms with Crippen LogP contribution in [0.4, 0.5) is 19.3 Å². The van der Waals surface area contributed by atoms with Crippen molar-refractivity contribution in [2.75, 3.05) is 11.9 Å². The highest BCUT2D eigenvalue weighted by atomic mass is 19.1. The van der Waals surface area contributed by atoms with Crippen molar-refractivity contribution in [2.24, 2.45) is 0 Å². The lowest BCUT2D eigenvalue weighted by atomic mass is 10.0. The number of hydrogen-bond donors (Lipinski definition) is 1. The molecule has 2 amide bonds. The molecule has 0 radical (unpaired) electrons. The molecule has 2 aromatic carbocycles. The summed E-state index contributed by atoms with van der Waals surface area (Å²) in [6.45, 7) is 5.02. The monoisotopic (exact) mass is 418 g/mol. The second-order valence-electron chi connectivity index (χ2n) is 7.79. The molecule has 0 aliphatic heterocycles. The van der Waals surface area contributed by atoms with E-state index in [1.807, 2.05) is 0 Å². The minimum Gasteiger partial charge on any atom is -0.444 e. The molecule has 8 heteroatoms. The summed E-state index contributed by atoms with van der Waals surface area (Å²) in [5.41, 5.74) is 0.330. The van der Waals surface area contributed by atoms with Crippen molar-refractivity contribution in [1.29, 1.82) is 0 Å². The van der Waals surface area contributed by atoms with Gasteiger partial charge in [-0.3, -0.25) is 9.59 Å². The molecule has 6 nitrogen and oxygen atoms in total. The van der Waals surface area contributed by atoms with Crippen LogP contribution in [0.1, 0.15) is 36.7 Å². The topological polar surface area (TPSA) is 75.7 Å². The zero-order valence-corrected chi connectivity index (χ0v) is 17.2. The number of anilines is 1. The van der Waals surface area contributed by atoms with Crippen LogP contribution in [0, 0.1) is 11.6 Å². The van der Waals surface area contributed by atoms with E-state index in [0.717, 1.165) is 18.2 Å². The van der Waals surface area contributed by atoms with Crippen LogP contribution in [-0.2, 0) is 16.0 Å². The molecule has 2 aromatic rings. The van der Waals surface area contributed by atoms with E-state index in [0.29, 0.717) is 17.5 Å². The van der Waals surface area contributed by atoms with Gasteiger partial charge in [0.15, 0.2) is 0 Å². The van der Waals surface area contributed by atoms with Crippen molar-refractivity contribution in [3.05, 3.63) is 65.2 Å². The highest BCUT2D eigenvalue weighted by Crippen LogP contribution is 2.17. The smallest absolute Gasteiger partial charge is 0.408 e. The van der Waals surface area contributed by atoms with E-state index in [-0.39, 0.29) is 12.0 Å². The Hall–Kier alpha value is -3.29. The molecule has 0 aromatic heterocycles. The number of hydrogen-bond acceptors (Lipinski definition) is 4. The van der Waals surface area contributed by atoms with Crippen molar-refractivity contribution in [3.8, 4) is 0 Å². The molecule has 0 heterocycles. The maximum atomic E-state index is 13.6. The number of carbonyl (C=O) groups is 3. The summed E-state index contributed by atoms with van der Waals surface area (Å²) in [6, 6.07) is 8.02. The Morgan fingerprint density at radius 1 is 1.10 bits per heavy atom. The first-order valence-electron chi connectivity index (χ1n) is 9.26. The predicted octanol–water partition coefficient (Wildman–Crippen LogP) is 3.88. The van der Waals surface area contributed by atoms with Crippen LogP contribution < -0.4 is 10.2 Å². The second-order valence-corrected chi connectivity index (χ2v) is 7.79. The number of aldehydes is 1. The molecule has 160 valence electrons. The van der Waals surface area contributed by atoms with Crippen LogP contribution in [0.3, 0.4) is 0 Å². The third kappa shape index (κ3) is 6.65. The van der Waals surface area contributed by atoms with E-state index < -0.39 is 35.3 Å². The molecule has 0 spiro atoms. The standard InChI is InChI=1S/C22H24F2N2O4/c1-22(2,3)30-21(29)25-19(11-15-9-16(23)12-17(24)10-15)20(28)26(4)18-7-5-14(13-27)6-8-18/h5-10,12-13,19H,11H2,1-4H3,(H,25,29)/t19-/m0/s1. The zero-order valence-electron chi connectivity index (χ0n) is 17.2. The lowest BCUT2D eigenvalue weighted by molar-refractivity contribution is -0.120. The Labute approximate surface area is 173 Å². The summed E-state index contributed by atoms with van der Waals surface area (Å²) >= 11 is 0. The lowest BCUT2D eigenvalue weighted by Crippen LogP contribution is -2.50. The summed E-state index contributed by atoms with van der Waals surface area (Å²) in [4.78, 5) is 37.4. The number of ether oxygens (including phenoxy) is 1. The van der Waals surface area contributed by atoms with Gasteiger partial charge in [0.25, 0.3) is 0 Å². The number of nitrogens with zero attached hydrogens (tertiary/aromatic N) is 1. The molecule has 1 atom stereocenters. The number of alkyl carbamates (subject to hydrolysis) is 1. The molecule has 0 aliphatic carbocycles. The van der Waals surface area contributed by atoms with Crippen molar-refractivity contribution >= 4 is 24.0 Å². The molecule has 1 N–H and O–H groups in total. The zero-order chi connectivity index (χ0) is 22.5. The van der Waals surface area contributed by atoms with Crippen LogP contribution in [0.2, 0.25) is 0 Å². The highest BCUT2D eigenvalue weighted by molar-refractivity contribution is 5.98. The molecule has 2 rings (SSSR count). The third-order valence-electron chi connectivity index (χ3n) is 4.10. The van der Waals surface area contributed by atoms with E-state index >= 15 is 0 Å². The van der Waals surface area contributed by atoms with Crippen LogP contribution in [0.25, 0.3) is 0 Å². The van der Waals surface area contributed by atoms with E-state index in [2.05, 4.69) is 5.32 Å². The summed E-state index contributed by atoms with van der Waals surface area (Å²) in [7, 11) is 1.49. The largest absolute Gasteiger partial charge is 0.444 e. The molecule has 0 aliphatic rings. The minimum atomic E-state index is -1.14. The fourth-order valence-corrected chi connectivity index (χ4v) is 2.75. The van der Waals surface area contributed by atoms with Crippen LogP contribution in [0.15, 0.2) is 42.5 Å². The first-order valence-corrected chi connectivity index (χ1v) is 9.26. The van der Waals surface area contributed by atoms with Crippen molar-refractivity contribution in [2.45, 2.75) is 38.8 Å². The van der Waals surface area contributed by atoms with E-state index in [4.69, 9.17) is 4.74 Å². The van der Waals surface area contributed by atoms with Gasteiger partial charge in [0.2, 0.25) is 5.91 Å². The van der Waals surface area contributed by atoms with Gasteiger partial charge < -0.3 is 15.0 Å². The van der Waals surface area contributed by atoms with Gasteiger partial charge in [-0.1, -0.05) is 0 Å². The van der Waals surface area contributed by atoms with Crippen molar-refractivity contribution < 1.29 is 27.9 Å². The first kappa shape index (κ1) is 23.0. The average Bonchev–Trinajstić information content (AvgIpc) is 2.64. The summed E-state index contributed by atoms with van der Waals surface area (Å²) < 4.78 is 32.4. The molecule has 0 fully saturated rings. The molecule has 0 unspecified atom stereocenters. The van der Waals surface area contributed by atoms with E-state index in [1.165, 1.54) is 11.9 Å². The van der Waals surface area contributed by atoms with Crippen LogP contribution in [0.5, 0.6) is 0 Å². The number of likely N-dealkylation sites (N-methyl/N-ethyl adjacent to an activating group) is 1. The number of nitrogens with one attached hydrogen (secondary N) is 1. The first-order chi connectivity index (χ1) is 14.0. The quantitative estimate of drug-likeness (QED) is 0.723. The Bertz CT molecular complexity index is 903. The Kier molecular flexibility index (Phi) is 7.26. The van der Waals surface area contributed by atoms with Gasteiger partial charge in [-0.2, -0.15) is 0 Å². The normalized spacial score (nSPS) is 12.1. The predicted molar refractivity (Wildman–Crippen MR) is 108 cm³/mol. The van der Waals surface area contributed by atoms with Gasteiger partial charge in [0, 0.05) is 30.8 Å². The number of rotatable bonds is 6. The Balaban J connectivity index is 2.28. The van der Waals surface area contributed by atoms with E-state index in [9.17, 15) is 23.2 Å². The molecule has 0 bridgehead atoms. The number of amides is 2. The second kappa shape index (κ2) is 9.47. The van der Waals surface area contributed by atoms with Gasteiger partial charge in [-0.05, 0) is 62.7 Å². The summed E-state index contributed by atoms with van der Waals surface area (Å²) in [5.74, 6) is -2.10. The molecule has 0 saturated heterocycles. The fourth-order valence-electron chi connectivity index (χ4n) is 2.75.